The van der Waals surface area contributed by atoms with Crippen molar-refractivity contribution in [3.8, 4) is 5.75 Å². The molecule has 0 saturated carbocycles. The van der Waals surface area contributed by atoms with E-state index in [0.29, 0.717) is 23.7 Å². The van der Waals surface area contributed by atoms with Gasteiger partial charge in [-0.3, -0.25) is 9.59 Å². The zero-order valence-corrected chi connectivity index (χ0v) is 16.5. The van der Waals surface area contributed by atoms with Crippen LogP contribution >= 0.6 is 11.6 Å². The SMILES string of the molecule is CCOc1ccccc1CCC(=O)O[C@H](C)C(=O)Nc1cccc(Cl)c1C. The maximum Gasteiger partial charge on any atom is 0.306 e. The van der Waals surface area contributed by atoms with Crippen molar-refractivity contribution < 1.29 is 19.1 Å². The molecular weight excluding hydrogens is 366 g/mol. The van der Waals surface area contributed by atoms with E-state index >= 15 is 0 Å². The average molecular weight is 390 g/mol. The summed E-state index contributed by atoms with van der Waals surface area (Å²) in [5, 5.41) is 3.30. The van der Waals surface area contributed by atoms with E-state index in [-0.39, 0.29) is 6.42 Å². The van der Waals surface area contributed by atoms with Crippen LogP contribution in [0.15, 0.2) is 42.5 Å². The van der Waals surface area contributed by atoms with Gasteiger partial charge < -0.3 is 14.8 Å². The summed E-state index contributed by atoms with van der Waals surface area (Å²) in [5.74, 6) is -0.0785. The third kappa shape index (κ3) is 6.00. The van der Waals surface area contributed by atoms with E-state index in [2.05, 4.69) is 5.32 Å². The second-order valence-corrected chi connectivity index (χ2v) is 6.48. The van der Waals surface area contributed by atoms with Crippen LogP contribution in [0, 0.1) is 6.92 Å². The molecule has 0 fully saturated rings. The molecule has 0 aliphatic rings. The van der Waals surface area contributed by atoms with Crippen LogP contribution in [-0.4, -0.2) is 24.6 Å². The first-order valence-electron chi connectivity index (χ1n) is 8.88. The molecule has 1 N–H and O–H groups in total. The molecule has 144 valence electrons. The Labute approximate surface area is 164 Å². The van der Waals surface area contributed by atoms with Crippen molar-refractivity contribution >= 4 is 29.2 Å². The van der Waals surface area contributed by atoms with Crippen LogP contribution in [0.1, 0.15) is 31.4 Å². The van der Waals surface area contributed by atoms with Crippen molar-refractivity contribution in [2.24, 2.45) is 0 Å². The van der Waals surface area contributed by atoms with Crippen LogP contribution in [-0.2, 0) is 20.7 Å². The van der Waals surface area contributed by atoms with Gasteiger partial charge in [-0.25, -0.2) is 0 Å². The highest BCUT2D eigenvalue weighted by Crippen LogP contribution is 2.23. The number of carbonyl (C=O) groups excluding carboxylic acids is 2. The first-order chi connectivity index (χ1) is 12.9. The molecule has 1 atom stereocenters. The summed E-state index contributed by atoms with van der Waals surface area (Å²) in [6.45, 7) is 5.82. The average Bonchev–Trinajstić information content (AvgIpc) is 2.65. The Morgan fingerprint density at radius 2 is 1.89 bits per heavy atom. The topological polar surface area (TPSA) is 64.6 Å². The number of rotatable bonds is 8. The monoisotopic (exact) mass is 389 g/mol. The van der Waals surface area contributed by atoms with Crippen LogP contribution in [0.4, 0.5) is 5.69 Å². The van der Waals surface area contributed by atoms with Gasteiger partial charge in [-0.05, 0) is 56.5 Å². The predicted molar refractivity (Wildman–Crippen MR) is 106 cm³/mol. The number of aryl methyl sites for hydroxylation is 1. The maximum absolute atomic E-state index is 12.3. The summed E-state index contributed by atoms with van der Waals surface area (Å²) in [6.07, 6.45) is -0.257. The third-order valence-corrected chi connectivity index (χ3v) is 4.48. The number of nitrogens with one attached hydrogen (secondary N) is 1. The Balaban J connectivity index is 1.88. The van der Waals surface area contributed by atoms with Gasteiger partial charge >= 0.3 is 5.97 Å². The van der Waals surface area contributed by atoms with E-state index in [1.54, 1.807) is 25.1 Å². The molecule has 0 heterocycles. The number of hydrogen-bond donors (Lipinski definition) is 1. The third-order valence-electron chi connectivity index (χ3n) is 4.07. The molecule has 27 heavy (non-hydrogen) atoms. The van der Waals surface area contributed by atoms with Crippen LogP contribution in [0.5, 0.6) is 5.75 Å². The van der Waals surface area contributed by atoms with Gasteiger partial charge in [0.1, 0.15) is 5.75 Å². The molecule has 2 aromatic carbocycles. The Kier molecular flexibility index (Phi) is 7.67. The second-order valence-electron chi connectivity index (χ2n) is 6.07. The molecule has 0 bridgehead atoms. The lowest BCUT2D eigenvalue weighted by molar-refractivity contribution is -0.153. The summed E-state index contributed by atoms with van der Waals surface area (Å²) in [6, 6.07) is 12.8. The van der Waals surface area contributed by atoms with Crippen molar-refractivity contribution in [2.45, 2.75) is 39.7 Å². The zero-order valence-electron chi connectivity index (χ0n) is 15.8. The van der Waals surface area contributed by atoms with Gasteiger partial charge in [-0.15, -0.1) is 0 Å². The van der Waals surface area contributed by atoms with Crippen LogP contribution in [0.25, 0.3) is 0 Å². The summed E-state index contributed by atoms with van der Waals surface area (Å²) in [5.41, 5.74) is 2.29. The molecule has 5 nitrogen and oxygen atoms in total. The Bertz CT molecular complexity index is 807. The molecule has 1 amide bonds. The number of carbonyl (C=O) groups is 2. The first kappa shape index (κ1) is 20.8. The summed E-state index contributed by atoms with van der Waals surface area (Å²) >= 11 is 6.05. The van der Waals surface area contributed by atoms with E-state index < -0.39 is 18.0 Å². The lowest BCUT2D eigenvalue weighted by Gasteiger charge is -2.15. The van der Waals surface area contributed by atoms with Gasteiger partial charge in [0.25, 0.3) is 5.91 Å². The summed E-state index contributed by atoms with van der Waals surface area (Å²) < 4.78 is 10.8. The van der Waals surface area contributed by atoms with E-state index in [1.807, 2.05) is 38.1 Å². The highest BCUT2D eigenvalue weighted by molar-refractivity contribution is 6.31. The van der Waals surface area contributed by atoms with E-state index in [4.69, 9.17) is 21.1 Å². The van der Waals surface area contributed by atoms with E-state index in [0.717, 1.165) is 16.9 Å². The van der Waals surface area contributed by atoms with Gasteiger partial charge in [0.15, 0.2) is 6.10 Å². The van der Waals surface area contributed by atoms with E-state index in [9.17, 15) is 9.59 Å². The fraction of sp³-hybridized carbons (Fsp3) is 0.333. The number of para-hydroxylation sites is 1. The van der Waals surface area contributed by atoms with Crippen LogP contribution < -0.4 is 10.1 Å². The molecule has 2 rings (SSSR count). The lowest BCUT2D eigenvalue weighted by Crippen LogP contribution is -2.30. The molecule has 6 heteroatoms. The summed E-state index contributed by atoms with van der Waals surface area (Å²) in [4.78, 5) is 24.4. The number of amides is 1. The standard InChI is InChI=1S/C21H24ClNO4/c1-4-26-19-11-6-5-8-16(19)12-13-20(24)27-15(3)21(25)23-18-10-7-9-17(22)14(18)2/h5-11,15H,4,12-13H2,1-3H3,(H,23,25)/t15-/m1/s1. The smallest absolute Gasteiger partial charge is 0.306 e. The molecule has 0 aromatic heterocycles. The van der Waals surface area contributed by atoms with Crippen molar-refractivity contribution in [3.05, 3.63) is 58.6 Å². The minimum atomic E-state index is -0.905. The number of ether oxygens (including phenoxy) is 2. The molecular formula is C21H24ClNO4. The van der Waals surface area contributed by atoms with Gasteiger partial charge in [-0.2, -0.15) is 0 Å². The van der Waals surface area contributed by atoms with Gasteiger partial charge in [0.2, 0.25) is 0 Å². The summed E-state index contributed by atoms with van der Waals surface area (Å²) in [7, 11) is 0. The predicted octanol–water partition coefficient (Wildman–Crippen LogP) is 4.55. The maximum atomic E-state index is 12.3. The number of halogens is 1. The molecule has 0 aliphatic heterocycles. The van der Waals surface area contributed by atoms with Crippen molar-refractivity contribution in [1.82, 2.24) is 0 Å². The highest BCUT2D eigenvalue weighted by atomic mass is 35.5. The van der Waals surface area contributed by atoms with Crippen LogP contribution in [0.3, 0.4) is 0 Å². The van der Waals surface area contributed by atoms with Crippen LogP contribution in [0.2, 0.25) is 5.02 Å². The van der Waals surface area contributed by atoms with Crippen molar-refractivity contribution in [1.29, 1.82) is 0 Å². The number of esters is 1. The first-order valence-corrected chi connectivity index (χ1v) is 9.26. The van der Waals surface area contributed by atoms with Gasteiger partial charge in [0.05, 0.1) is 6.61 Å². The number of hydrogen-bond acceptors (Lipinski definition) is 4. The normalized spacial score (nSPS) is 11.6. The molecule has 0 spiro atoms. The minimum Gasteiger partial charge on any atom is -0.494 e. The Morgan fingerprint density at radius 1 is 1.15 bits per heavy atom. The minimum absolute atomic E-state index is 0.165. The zero-order chi connectivity index (χ0) is 19.8. The van der Waals surface area contributed by atoms with Gasteiger partial charge in [0, 0.05) is 17.1 Å². The molecule has 0 aliphatic carbocycles. The second kappa shape index (κ2) is 9.97. The molecule has 0 unspecified atom stereocenters. The highest BCUT2D eigenvalue weighted by Gasteiger charge is 2.19. The van der Waals surface area contributed by atoms with E-state index in [1.165, 1.54) is 0 Å². The molecule has 2 aromatic rings. The fourth-order valence-corrected chi connectivity index (χ4v) is 2.70. The largest absolute Gasteiger partial charge is 0.494 e. The quantitative estimate of drug-likeness (QED) is 0.672. The molecule has 0 radical (unpaired) electrons. The van der Waals surface area contributed by atoms with Crippen molar-refractivity contribution in [3.63, 3.8) is 0 Å². The number of benzene rings is 2. The van der Waals surface area contributed by atoms with Gasteiger partial charge in [-0.1, -0.05) is 35.9 Å². The molecule has 0 saturated heterocycles. The fourth-order valence-electron chi connectivity index (χ4n) is 2.53. The lowest BCUT2D eigenvalue weighted by atomic mass is 10.1. The van der Waals surface area contributed by atoms with Crippen molar-refractivity contribution in [2.75, 3.05) is 11.9 Å². The Hall–Kier alpha value is -2.53. The number of anilines is 1. The Morgan fingerprint density at radius 3 is 2.63 bits per heavy atom.